The van der Waals surface area contributed by atoms with Crippen molar-refractivity contribution in [3.63, 3.8) is 0 Å². The van der Waals surface area contributed by atoms with Crippen molar-refractivity contribution in [2.75, 3.05) is 33.4 Å². The molecule has 1 atom stereocenters. The van der Waals surface area contributed by atoms with Crippen LogP contribution in [-0.4, -0.2) is 58.5 Å². The zero-order valence-corrected chi connectivity index (χ0v) is 14.4. The number of nitrogens with one attached hydrogen (secondary N) is 2. The van der Waals surface area contributed by atoms with Crippen LogP contribution in [0.15, 0.2) is 23.2 Å². The molecule has 0 spiro atoms. The summed E-state index contributed by atoms with van der Waals surface area (Å²) < 4.78 is 73.0. The van der Waals surface area contributed by atoms with Crippen LogP contribution in [0.2, 0.25) is 0 Å². The van der Waals surface area contributed by atoms with Crippen molar-refractivity contribution in [3.05, 3.63) is 18.3 Å². The molecular weight excluding hydrogens is 363 g/mol. The van der Waals surface area contributed by atoms with Crippen LogP contribution in [0, 0.1) is 0 Å². The number of methoxy groups -OCH3 is 1. The molecule has 1 saturated heterocycles. The lowest BCUT2D eigenvalue weighted by Crippen LogP contribution is -2.52. The Bertz CT molecular complexity index is 659. The fraction of sp³-hybridized carbons (Fsp3) is 0.643. The Morgan fingerprint density at radius 1 is 1.40 bits per heavy atom. The van der Waals surface area contributed by atoms with Crippen molar-refractivity contribution in [2.45, 2.75) is 29.5 Å². The second-order valence-electron chi connectivity index (χ2n) is 5.80. The van der Waals surface area contributed by atoms with E-state index in [0.29, 0.717) is 6.61 Å². The predicted molar refractivity (Wildman–Crippen MR) is 82.8 cm³/mol. The van der Waals surface area contributed by atoms with Gasteiger partial charge in [-0.2, -0.15) is 13.2 Å². The second kappa shape index (κ2) is 7.85. The van der Waals surface area contributed by atoms with Gasteiger partial charge in [0.15, 0.2) is 6.61 Å². The first-order valence-electron chi connectivity index (χ1n) is 7.55. The Labute approximate surface area is 144 Å². The topological polar surface area (TPSA) is 89.5 Å². The molecule has 1 unspecified atom stereocenters. The van der Waals surface area contributed by atoms with Crippen molar-refractivity contribution in [1.82, 2.24) is 15.0 Å². The van der Waals surface area contributed by atoms with E-state index in [1.165, 1.54) is 0 Å². The fourth-order valence-corrected chi connectivity index (χ4v) is 3.63. The van der Waals surface area contributed by atoms with Gasteiger partial charge in [0, 0.05) is 19.7 Å². The second-order valence-corrected chi connectivity index (χ2v) is 7.57. The number of hydrogen-bond donors (Lipinski definition) is 2. The largest absolute Gasteiger partial charge is 0.468 e. The molecule has 2 rings (SSSR count). The smallest absolute Gasteiger partial charge is 0.422 e. The summed E-state index contributed by atoms with van der Waals surface area (Å²) in [5.74, 6) is -0.301. The molecule has 0 amide bonds. The summed E-state index contributed by atoms with van der Waals surface area (Å²) in [5, 5.41) is 3.24. The Balaban J connectivity index is 1.99. The SMILES string of the molecule is COCC1(CNS(=O)(=O)c2ccc(OCC(F)(F)F)nc2)CCCN1. The average Bonchev–Trinajstić information content (AvgIpc) is 3.00. The molecule has 0 saturated carbocycles. The van der Waals surface area contributed by atoms with Crippen LogP contribution in [0.3, 0.4) is 0 Å². The highest BCUT2D eigenvalue weighted by molar-refractivity contribution is 7.89. The van der Waals surface area contributed by atoms with Crippen molar-refractivity contribution >= 4 is 10.0 Å². The summed E-state index contributed by atoms with van der Waals surface area (Å²) in [6.45, 7) is -0.221. The highest BCUT2D eigenvalue weighted by Crippen LogP contribution is 2.21. The van der Waals surface area contributed by atoms with E-state index in [2.05, 4.69) is 19.8 Å². The molecular formula is C14H20F3N3O4S. The Kier molecular flexibility index (Phi) is 6.25. The zero-order chi connectivity index (χ0) is 18.6. The highest BCUT2D eigenvalue weighted by atomic mass is 32.2. The van der Waals surface area contributed by atoms with E-state index in [4.69, 9.17) is 4.74 Å². The third-order valence-electron chi connectivity index (χ3n) is 3.76. The minimum Gasteiger partial charge on any atom is -0.468 e. The molecule has 142 valence electrons. The molecule has 0 aliphatic carbocycles. The van der Waals surface area contributed by atoms with Gasteiger partial charge in [0.25, 0.3) is 0 Å². The molecule has 1 aromatic rings. The Morgan fingerprint density at radius 2 is 2.16 bits per heavy atom. The van der Waals surface area contributed by atoms with Crippen LogP contribution in [0.5, 0.6) is 5.88 Å². The first-order valence-corrected chi connectivity index (χ1v) is 9.03. The van der Waals surface area contributed by atoms with Gasteiger partial charge in [0.2, 0.25) is 15.9 Å². The number of hydrogen-bond acceptors (Lipinski definition) is 6. The van der Waals surface area contributed by atoms with E-state index in [0.717, 1.165) is 37.7 Å². The number of pyridine rings is 1. The molecule has 1 fully saturated rings. The number of alkyl halides is 3. The lowest BCUT2D eigenvalue weighted by Gasteiger charge is -2.28. The van der Waals surface area contributed by atoms with E-state index in [-0.39, 0.29) is 17.3 Å². The molecule has 0 aromatic carbocycles. The molecule has 0 bridgehead atoms. The maximum atomic E-state index is 12.3. The predicted octanol–water partition coefficient (Wildman–Crippen LogP) is 1.07. The molecule has 1 aliphatic rings. The van der Waals surface area contributed by atoms with Gasteiger partial charge < -0.3 is 14.8 Å². The number of sulfonamides is 1. The molecule has 0 radical (unpaired) electrons. The molecule has 2 N–H and O–H groups in total. The van der Waals surface area contributed by atoms with Crippen LogP contribution >= 0.6 is 0 Å². The fourth-order valence-electron chi connectivity index (χ4n) is 2.55. The minimum absolute atomic E-state index is 0.134. The van der Waals surface area contributed by atoms with Gasteiger partial charge in [-0.15, -0.1) is 0 Å². The van der Waals surface area contributed by atoms with E-state index in [9.17, 15) is 21.6 Å². The van der Waals surface area contributed by atoms with Gasteiger partial charge in [-0.25, -0.2) is 18.1 Å². The van der Waals surface area contributed by atoms with E-state index >= 15 is 0 Å². The summed E-state index contributed by atoms with van der Waals surface area (Å²) in [5.41, 5.74) is -0.467. The Morgan fingerprint density at radius 3 is 2.68 bits per heavy atom. The highest BCUT2D eigenvalue weighted by Gasteiger charge is 2.35. The van der Waals surface area contributed by atoms with E-state index < -0.39 is 28.3 Å². The summed E-state index contributed by atoms with van der Waals surface area (Å²) in [6.07, 6.45) is -1.85. The molecule has 7 nitrogen and oxygen atoms in total. The molecule has 2 heterocycles. The van der Waals surface area contributed by atoms with Gasteiger partial charge in [-0.05, 0) is 25.5 Å². The molecule has 25 heavy (non-hydrogen) atoms. The first kappa shape index (κ1) is 19.9. The van der Waals surface area contributed by atoms with E-state index in [1.807, 2.05) is 0 Å². The standard InChI is InChI=1S/C14H20F3N3O4S/c1-23-9-13(5-2-6-19-13)8-20-25(21,22)11-3-4-12(18-7-11)24-10-14(15,16)17/h3-4,7,19-20H,2,5-6,8-10H2,1H3. The lowest BCUT2D eigenvalue weighted by molar-refractivity contribution is -0.154. The Hall–Kier alpha value is -1.43. The van der Waals surface area contributed by atoms with Crippen LogP contribution in [0.25, 0.3) is 0 Å². The number of aromatic nitrogens is 1. The summed E-state index contributed by atoms with van der Waals surface area (Å²) >= 11 is 0. The molecule has 1 aromatic heterocycles. The summed E-state index contributed by atoms with van der Waals surface area (Å²) in [7, 11) is -2.31. The normalized spacial score (nSPS) is 21.4. The third kappa shape index (κ3) is 5.80. The third-order valence-corrected chi connectivity index (χ3v) is 5.14. The number of rotatable bonds is 8. The van der Waals surface area contributed by atoms with Crippen molar-refractivity contribution in [1.29, 1.82) is 0 Å². The van der Waals surface area contributed by atoms with Gasteiger partial charge in [-0.3, -0.25) is 0 Å². The van der Waals surface area contributed by atoms with Crippen molar-refractivity contribution in [2.24, 2.45) is 0 Å². The average molecular weight is 383 g/mol. The lowest BCUT2D eigenvalue weighted by atomic mass is 9.99. The minimum atomic E-state index is -4.49. The summed E-state index contributed by atoms with van der Waals surface area (Å²) in [4.78, 5) is 3.44. The molecule has 1 aliphatic heterocycles. The zero-order valence-electron chi connectivity index (χ0n) is 13.6. The monoisotopic (exact) mass is 383 g/mol. The number of halogens is 3. The summed E-state index contributed by atoms with van der Waals surface area (Å²) in [6, 6.07) is 2.23. The van der Waals surface area contributed by atoms with Gasteiger partial charge in [0.05, 0.1) is 18.3 Å². The van der Waals surface area contributed by atoms with Crippen molar-refractivity contribution in [3.8, 4) is 5.88 Å². The molecule has 11 heteroatoms. The maximum absolute atomic E-state index is 12.3. The van der Waals surface area contributed by atoms with Crippen LogP contribution in [-0.2, 0) is 14.8 Å². The quantitative estimate of drug-likeness (QED) is 0.698. The first-order chi connectivity index (χ1) is 11.7. The van der Waals surface area contributed by atoms with Crippen LogP contribution in [0.4, 0.5) is 13.2 Å². The van der Waals surface area contributed by atoms with Crippen LogP contribution in [0.1, 0.15) is 12.8 Å². The number of ether oxygens (including phenoxy) is 2. The number of nitrogens with zero attached hydrogens (tertiary/aromatic N) is 1. The van der Waals surface area contributed by atoms with E-state index in [1.54, 1.807) is 7.11 Å². The van der Waals surface area contributed by atoms with Gasteiger partial charge in [-0.1, -0.05) is 0 Å². The maximum Gasteiger partial charge on any atom is 0.422 e. The van der Waals surface area contributed by atoms with Crippen molar-refractivity contribution < 1.29 is 31.1 Å². The van der Waals surface area contributed by atoms with Gasteiger partial charge >= 0.3 is 6.18 Å². The van der Waals surface area contributed by atoms with Gasteiger partial charge in [0.1, 0.15) is 4.90 Å². The van der Waals surface area contributed by atoms with Crippen LogP contribution < -0.4 is 14.8 Å².